The summed E-state index contributed by atoms with van der Waals surface area (Å²) in [6.07, 6.45) is -2.43. The van der Waals surface area contributed by atoms with Crippen LogP contribution in [0.3, 0.4) is 0 Å². The molecule has 11 heteroatoms. The Morgan fingerprint density at radius 1 is 0.864 bits per heavy atom. The van der Waals surface area contributed by atoms with Gasteiger partial charge in [-0.1, -0.05) is 34.3 Å². The summed E-state index contributed by atoms with van der Waals surface area (Å²) in [6, 6.07) is 0. The van der Waals surface area contributed by atoms with E-state index in [1.807, 2.05) is 6.92 Å². The van der Waals surface area contributed by atoms with Gasteiger partial charge in [0, 0.05) is 31.8 Å². The maximum absolute atomic E-state index is 13.1. The largest absolute Gasteiger partial charge is 0.462 e. The van der Waals surface area contributed by atoms with Gasteiger partial charge < -0.3 is 28.4 Å². The highest BCUT2D eigenvalue weighted by Crippen LogP contribution is 2.60. The van der Waals surface area contributed by atoms with Crippen molar-refractivity contribution in [2.45, 2.75) is 112 Å². The number of esters is 5. The van der Waals surface area contributed by atoms with E-state index in [9.17, 15) is 24.0 Å². The molecule has 0 amide bonds. The first-order valence-electron chi connectivity index (χ1n) is 15.3. The molecule has 0 aromatic carbocycles. The van der Waals surface area contributed by atoms with E-state index in [1.165, 1.54) is 19.9 Å². The molecule has 1 saturated heterocycles. The van der Waals surface area contributed by atoms with Crippen LogP contribution in [0.25, 0.3) is 0 Å². The van der Waals surface area contributed by atoms with Crippen LogP contribution in [-0.2, 0) is 52.4 Å². The highest BCUT2D eigenvalue weighted by molar-refractivity contribution is 5.83. The first-order valence-corrected chi connectivity index (χ1v) is 15.3. The zero-order chi connectivity index (χ0) is 33.3. The van der Waals surface area contributed by atoms with Crippen molar-refractivity contribution in [3.63, 3.8) is 0 Å². The molecule has 0 spiro atoms. The van der Waals surface area contributed by atoms with E-state index in [2.05, 4.69) is 6.58 Å². The van der Waals surface area contributed by atoms with E-state index in [4.69, 9.17) is 28.4 Å². The van der Waals surface area contributed by atoms with Crippen LogP contribution in [0.1, 0.15) is 75.7 Å². The Balaban J connectivity index is 2.09. The molecule has 0 aromatic heterocycles. The average molecular weight is 621 g/mol. The zero-order valence-corrected chi connectivity index (χ0v) is 27.5. The predicted molar refractivity (Wildman–Crippen MR) is 158 cm³/mol. The summed E-state index contributed by atoms with van der Waals surface area (Å²) >= 11 is 0. The molecule has 0 aromatic rings. The quantitative estimate of drug-likeness (QED) is 0.108. The minimum Gasteiger partial charge on any atom is -0.462 e. The van der Waals surface area contributed by atoms with Gasteiger partial charge in [-0.25, -0.2) is 4.79 Å². The third kappa shape index (κ3) is 7.89. The summed E-state index contributed by atoms with van der Waals surface area (Å²) in [4.78, 5) is 62.8. The fourth-order valence-electron chi connectivity index (χ4n) is 6.51. The monoisotopic (exact) mass is 620 g/mol. The van der Waals surface area contributed by atoms with Crippen molar-refractivity contribution in [1.29, 1.82) is 0 Å². The SMILES string of the molecule is C=C1[C@H]2[C@@H](OC(=O)C(C)C)[C@H](OC(=O)C(C)C)[C@@H]([C@H](C)OC(C)=O)[C@@H]2[C@@H]([C@]2(C)CO2)C[C@@H]1OC(=O)/C=C(\C)[C@H](C)OC(C)=O. The van der Waals surface area contributed by atoms with E-state index in [0.29, 0.717) is 24.2 Å². The molecule has 1 aliphatic heterocycles. The van der Waals surface area contributed by atoms with Crippen LogP contribution in [0.2, 0.25) is 0 Å². The Labute approximate surface area is 260 Å². The number of hydrogen-bond acceptors (Lipinski definition) is 11. The van der Waals surface area contributed by atoms with E-state index < -0.39 is 89.6 Å². The van der Waals surface area contributed by atoms with Crippen LogP contribution < -0.4 is 0 Å². The lowest BCUT2D eigenvalue weighted by Crippen LogP contribution is -2.48. The number of carbonyl (C=O) groups is 5. The molecule has 0 radical (unpaired) electrons. The second-order valence-electron chi connectivity index (χ2n) is 13.2. The lowest BCUT2D eigenvalue weighted by atomic mass is 9.62. The van der Waals surface area contributed by atoms with Crippen molar-refractivity contribution >= 4 is 29.8 Å². The second-order valence-corrected chi connectivity index (χ2v) is 13.2. The standard InChI is InChI=1S/C33H48O11/c1-15(2)31(37)43-29-26-18(6)24(42-25(36)12-17(5)19(7)40-21(9)34)13-23(33(11)14-39-33)28(26)27(20(8)41-22(10)35)30(29)44-32(38)16(3)4/h12,15-16,19-20,23-24,26-30H,6,13-14H2,1-5,7-11H3/b17-12+/t19-,20-,23-,24-,26+,27-,28+,29+,30+,33-/m0/s1. The lowest BCUT2D eigenvalue weighted by Gasteiger charge is -2.44. The molecular weight excluding hydrogens is 572 g/mol. The van der Waals surface area contributed by atoms with Gasteiger partial charge in [0.1, 0.15) is 30.5 Å². The number of ether oxygens (including phenoxy) is 6. The van der Waals surface area contributed by atoms with Crippen molar-refractivity contribution in [1.82, 2.24) is 0 Å². The summed E-state index contributed by atoms with van der Waals surface area (Å²) in [5.74, 6) is -5.31. The van der Waals surface area contributed by atoms with Crippen LogP contribution in [0.5, 0.6) is 0 Å². The van der Waals surface area contributed by atoms with Crippen LogP contribution in [0.4, 0.5) is 0 Å². The summed E-state index contributed by atoms with van der Waals surface area (Å²) in [5, 5.41) is 0. The zero-order valence-electron chi connectivity index (χ0n) is 27.5. The van der Waals surface area contributed by atoms with Gasteiger partial charge in [0.05, 0.1) is 24.0 Å². The summed E-state index contributed by atoms with van der Waals surface area (Å²) in [7, 11) is 0. The smallest absolute Gasteiger partial charge is 0.331 e. The molecule has 44 heavy (non-hydrogen) atoms. The topological polar surface area (TPSA) is 144 Å². The van der Waals surface area contributed by atoms with Gasteiger partial charge in [-0.3, -0.25) is 19.2 Å². The van der Waals surface area contributed by atoms with Gasteiger partial charge in [0.25, 0.3) is 0 Å². The molecule has 2 saturated carbocycles. The molecule has 3 fully saturated rings. The Bertz CT molecular complexity index is 1180. The predicted octanol–water partition coefficient (Wildman–Crippen LogP) is 4.11. The number of rotatable bonds is 11. The van der Waals surface area contributed by atoms with Crippen molar-refractivity contribution in [3.05, 3.63) is 23.8 Å². The summed E-state index contributed by atoms with van der Waals surface area (Å²) in [5.41, 5.74) is 0.411. The fourth-order valence-corrected chi connectivity index (χ4v) is 6.51. The highest BCUT2D eigenvalue weighted by Gasteiger charge is 2.67. The molecule has 246 valence electrons. The summed E-state index contributed by atoms with van der Waals surface area (Å²) in [6.45, 7) is 21.2. The molecule has 3 rings (SSSR count). The Morgan fingerprint density at radius 3 is 1.86 bits per heavy atom. The minimum atomic E-state index is -0.972. The van der Waals surface area contributed by atoms with E-state index in [1.54, 1.807) is 48.5 Å². The molecule has 3 aliphatic rings. The van der Waals surface area contributed by atoms with Gasteiger partial charge in [0.15, 0.2) is 0 Å². The minimum absolute atomic E-state index is 0.258. The average Bonchev–Trinajstić information content (AvgIpc) is 3.57. The first-order chi connectivity index (χ1) is 20.4. The molecule has 0 bridgehead atoms. The second kappa shape index (κ2) is 13.8. The van der Waals surface area contributed by atoms with Crippen LogP contribution in [0, 0.1) is 35.5 Å². The van der Waals surface area contributed by atoms with Crippen LogP contribution in [-0.4, -0.2) is 72.6 Å². The Kier molecular flexibility index (Phi) is 11.1. The molecule has 11 nitrogen and oxygen atoms in total. The number of fused-ring (bicyclic) bond motifs is 1. The lowest BCUT2D eigenvalue weighted by molar-refractivity contribution is -0.177. The molecular formula is C33H48O11. The Morgan fingerprint density at radius 2 is 1.39 bits per heavy atom. The fraction of sp³-hybridized carbons (Fsp3) is 0.727. The molecule has 10 atom stereocenters. The Hall–Kier alpha value is -3.21. The van der Waals surface area contributed by atoms with E-state index >= 15 is 0 Å². The highest BCUT2D eigenvalue weighted by atomic mass is 16.6. The molecule has 0 N–H and O–H groups in total. The van der Waals surface area contributed by atoms with E-state index in [-0.39, 0.29) is 11.8 Å². The number of carbonyl (C=O) groups excluding carboxylic acids is 5. The third-order valence-corrected chi connectivity index (χ3v) is 9.00. The van der Waals surface area contributed by atoms with Crippen molar-refractivity contribution in [2.75, 3.05) is 6.61 Å². The normalized spacial score (nSPS) is 32.8. The summed E-state index contributed by atoms with van der Waals surface area (Å²) < 4.78 is 34.9. The molecule has 2 aliphatic carbocycles. The molecule has 0 unspecified atom stereocenters. The van der Waals surface area contributed by atoms with E-state index in [0.717, 1.165) is 0 Å². The number of epoxide rings is 1. The first kappa shape index (κ1) is 35.3. The maximum atomic E-state index is 13.1. The van der Waals surface area contributed by atoms with Crippen molar-refractivity contribution in [3.8, 4) is 0 Å². The van der Waals surface area contributed by atoms with Gasteiger partial charge >= 0.3 is 29.8 Å². The van der Waals surface area contributed by atoms with Crippen molar-refractivity contribution < 1.29 is 52.4 Å². The van der Waals surface area contributed by atoms with Gasteiger partial charge in [-0.15, -0.1) is 0 Å². The van der Waals surface area contributed by atoms with Crippen LogP contribution >= 0.6 is 0 Å². The van der Waals surface area contributed by atoms with Gasteiger partial charge in [0.2, 0.25) is 0 Å². The maximum Gasteiger partial charge on any atom is 0.331 e. The molecule has 1 heterocycles. The number of hydrogen-bond donors (Lipinski definition) is 0. The van der Waals surface area contributed by atoms with Gasteiger partial charge in [-0.05, 0) is 57.1 Å². The van der Waals surface area contributed by atoms with Gasteiger partial charge in [-0.2, -0.15) is 0 Å². The van der Waals surface area contributed by atoms with Crippen LogP contribution in [0.15, 0.2) is 23.8 Å². The third-order valence-electron chi connectivity index (χ3n) is 9.00. The van der Waals surface area contributed by atoms with Crippen molar-refractivity contribution in [2.24, 2.45) is 35.5 Å².